The van der Waals surface area contributed by atoms with Crippen LogP contribution in [0.3, 0.4) is 0 Å². The predicted octanol–water partition coefficient (Wildman–Crippen LogP) is 1.97. The van der Waals surface area contributed by atoms with Gasteiger partial charge in [0.2, 0.25) is 0 Å². The fourth-order valence-electron chi connectivity index (χ4n) is 1.25. The molecule has 0 saturated heterocycles. The van der Waals surface area contributed by atoms with Crippen LogP contribution in [0.2, 0.25) is 0 Å². The summed E-state index contributed by atoms with van der Waals surface area (Å²) in [5, 5.41) is 9.58. The van der Waals surface area contributed by atoms with Crippen molar-refractivity contribution < 1.29 is 14.6 Å². The number of carbonyl (C=O) groups excluding carboxylic acids is 1. The molecule has 17 heavy (non-hydrogen) atoms. The van der Waals surface area contributed by atoms with Crippen molar-refractivity contribution in [3.05, 3.63) is 28.2 Å². The van der Waals surface area contributed by atoms with Gasteiger partial charge < -0.3 is 14.7 Å². The molecular weight excluding hydrogens is 286 g/mol. The number of benzene rings is 1. The molecule has 1 aromatic carbocycles. The van der Waals surface area contributed by atoms with E-state index < -0.39 is 6.10 Å². The van der Waals surface area contributed by atoms with E-state index in [-0.39, 0.29) is 12.5 Å². The van der Waals surface area contributed by atoms with Crippen molar-refractivity contribution in [1.29, 1.82) is 0 Å². The molecule has 1 N–H and O–H groups in total. The largest absolute Gasteiger partial charge is 0.483 e. The Labute approximate surface area is 109 Å². The summed E-state index contributed by atoms with van der Waals surface area (Å²) >= 11 is 3.32. The van der Waals surface area contributed by atoms with Crippen LogP contribution < -0.4 is 4.74 Å². The third-order valence-corrected chi connectivity index (χ3v) is 2.77. The highest BCUT2D eigenvalue weighted by Crippen LogP contribution is 2.28. The van der Waals surface area contributed by atoms with Crippen LogP contribution >= 0.6 is 15.9 Å². The Morgan fingerprint density at radius 1 is 1.53 bits per heavy atom. The Morgan fingerprint density at radius 3 is 2.71 bits per heavy atom. The summed E-state index contributed by atoms with van der Waals surface area (Å²) in [7, 11) is 3.34. The zero-order valence-electron chi connectivity index (χ0n) is 10.1. The van der Waals surface area contributed by atoms with Crippen molar-refractivity contribution in [3.8, 4) is 5.75 Å². The lowest BCUT2D eigenvalue weighted by molar-refractivity contribution is -0.130. The van der Waals surface area contributed by atoms with E-state index in [1.807, 2.05) is 6.07 Å². The van der Waals surface area contributed by atoms with E-state index in [4.69, 9.17) is 4.74 Å². The number of carbonyl (C=O) groups is 1. The van der Waals surface area contributed by atoms with Crippen LogP contribution in [0.4, 0.5) is 0 Å². The predicted molar refractivity (Wildman–Crippen MR) is 69.0 cm³/mol. The minimum absolute atomic E-state index is 0.0385. The summed E-state index contributed by atoms with van der Waals surface area (Å²) in [5.41, 5.74) is 0.666. The second kappa shape index (κ2) is 6.02. The highest BCUT2D eigenvalue weighted by molar-refractivity contribution is 9.10. The lowest BCUT2D eigenvalue weighted by Gasteiger charge is -2.15. The second-order valence-corrected chi connectivity index (χ2v) is 4.85. The molecule has 1 aromatic rings. The van der Waals surface area contributed by atoms with E-state index in [9.17, 15) is 9.90 Å². The number of hydrogen-bond donors (Lipinski definition) is 1. The van der Waals surface area contributed by atoms with E-state index in [2.05, 4.69) is 15.9 Å². The van der Waals surface area contributed by atoms with Crippen LogP contribution in [0.25, 0.3) is 0 Å². The molecule has 0 radical (unpaired) electrons. The van der Waals surface area contributed by atoms with Gasteiger partial charge in [0.15, 0.2) is 6.61 Å². The summed E-state index contributed by atoms with van der Waals surface area (Å²) in [6.07, 6.45) is -0.632. The molecule has 0 aliphatic carbocycles. The fraction of sp³-hybridized carbons (Fsp3) is 0.417. The van der Waals surface area contributed by atoms with Gasteiger partial charge in [0, 0.05) is 24.1 Å². The van der Waals surface area contributed by atoms with Crippen molar-refractivity contribution in [3.63, 3.8) is 0 Å². The molecule has 5 heteroatoms. The third-order valence-electron chi connectivity index (χ3n) is 2.28. The molecule has 94 valence electrons. The number of amides is 1. The van der Waals surface area contributed by atoms with Crippen LogP contribution in [0.1, 0.15) is 18.6 Å². The van der Waals surface area contributed by atoms with Crippen LogP contribution in [0.15, 0.2) is 22.7 Å². The molecule has 1 atom stereocenters. The van der Waals surface area contributed by atoms with E-state index in [1.165, 1.54) is 4.90 Å². The summed E-state index contributed by atoms with van der Waals surface area (Å²) in [6.45, 7) is 1.62. The van der Waals surface area contributed by atoms with Gasteiger partial charge in [-0.3, -0.25) is 4.79 Å². The first-order chi connectivity index (χ1) is 7.91. The minimum Gasteiger partial charge on any atom is -0.483 e. The van der Waals surface area contributed by atoms with Gasteiger partial charge in [-0.15, -0.1) is 0 Å². The van der Waals surface area contributed by atoms with Crippen LogP contribution in [-0.2, 0) is 4.79 Å². The maximum Gasteiger partial charge on any atom is 0.259 e. The van der Waals surface area contributed by atoms with Crippen LogP contribution in [-0.4, -0.2) is 36.6 Å². The molecular formula is C12H16BrNO3. The summed E-state index contributed by atoms with van der Waals surface area (Å²) < 4.78 is 6.26. The number of aliphatic hydroxyl groups is 1. The Balaban J connectivity index is 2.82. The third kappa shape index (κ3) is 4.02. The van der Waals surface area contributed by atoms with E-state index in [0.717, 1.165) is 4.47 Å². The van der Waals surface area contributed by atoms with Gasteiger partial charge in [-0.2, -0.15) is 0 Å². The monoisotopic (exact) mass is 301 g/mol. The zero-order chi connectivity index (χ0) is 13.0. The van der Waals surface area contributed by atoms with Gasteiger partial charge in [0.25, 0.3) is 5.91 Å². The van der Waals surface area contributed by atoms with Gasteiger partial charge in [-0.25, -0.2) is 0 Å². The van der Waals surface area contributed by atoms with Gasteiger partial charge >= 0.3 is 0 Å². The standard InChI is InChI=1S/C12H16BrNO3/c1-8(15)10-5-4-9(13)6-11(10)17-7-12(16)14(2)3/h4-6,8,15H,7H2,1-3H3/t8-/m1/s1. The van der Waals surface area contributed by atoms with Gasteiger partial charge in [-0.1, -0.05) is 22.0 Å². The minimum atomic E-state index is -0.632. The van der Waals surface area contributed by atoms with Crippen molar-refractivity contribution in [2.24, 2.45) is 0 Å². The van der Waals surface area contributed by atoms with Gasteiger partial charge in [-0.05, 0) is 19.1 Å². The molecule has 0 aromatic heterocycles. The first-order valence-corrected chi connectivity index (χ1v) is 6.01. The molecule has 0 aliphatic heterocycles. The molecule has 1 amide bonds. The van der Waals surface area contributed by atoms with Crippen molar-refractivity contribution in [2.75, 3.05) is 20.7 Å². The van der Waals surface area contributed by atoms with E-state index in [1.54, 1.807) is 33.2 Å². The molecule has 0 bridgehead atoms. The Bertz CT molecular complexity index is 405. The lowest BCUT2D eigenvalue weighted by Crippen LogP contribution is -2.27. The number of aliphatic hydroxyl groups excluding tert-OH is 1. The number of hydrogen-bond acceptors (Lipinski definition) is 3. The number of likely N-dealkylation sites (N-methyl/N-ethyl adjacent to an activating group) is 1. The molecule has 0 heterocycles. The zero-order valence-corrected chi connectivity index (χ0v) is 11.7. The number of halogens is 1. The molecule has 0 fully saturated rings. The SMILES string of the molecule is C[C@@H](O)c1ccc(Br)cc1OCC(=O)N(C)C. The molecule has 0 unspecified atom stereocenters. The number of nitrogens with zero attached hydrogens (tertiary/aromatic N) is 1. The highest BCUT2D eigenvalue weighted by Gasteiger charge is 2.12. The average molecular weight is 302 g/mol. The summed E-state index contributed by atoms with van der Waals surface area (Å²) in [4.78, 5) is 12.9. The molecule has 4 nitrogen and oxygen atoms in total. The molecule has 1 rings (SSSR count). The summed E-state index contributed by atoms with van der Waals surface area (Å²) in [6, 6.07) is 5.33. The topological polar surface area (TPSA) is 49.8 Å². The highest BCUT2D eigenvalue weighted by atomic mass is 79.9. The Hall–Kier alpha value is -1.07. The first-order valence-electron chi connectivity index (χ1n) is 5.22. The van der Waals surface area contributed by atoms with Crippen molar-refractivity contribution >= 4 is 21.8 Å². The van der Waals surface area contributed by atoms with Crippen molar-refractivity contribution in [1.82, 2.24) is 4.90 Å². The number of ether oxygens (including phenoxy) is 1. The first kappa shape index (κ1) is 14.0. The summed E-state index contributed by atoms with van der Waals surface area (Å²) in [5.74, 6) is 0.395. The van der Waals surface area contributed by atoms with E-state index >= 15 is 0 Å². The second-order valence-electron chi connectivity index (χ2n) is 3.93. The number of rotatable bonds is 4. The quantitative estimate of drug-likeness (QED) is 0.925. The van der Waals surface area contributed by atoms with Gasteiger partial charge in [0.1, 0.15) is 5.75 Å². The smallest absolute Gasteiger partial charge is 0.259 e. The maximum absolute atomic E-state index is 11.4. The van der Waals surface area contributed by atoms with Crippen LogP contribution in [0.5, 0.6) is 5.75 Å². The lowest BCUT2D eigenvalue weighted by atomic mass is 10.1. The van der Waals surface area contributed by atoms with Crippen LogP contribution in [0, 0.1) is 0 Å². The van der Waals surface area contributed by atoms with Gasteiger partial charge in [0.05, 0.1) is 6.10 Å². The Kier molecular flexibility index (Phi) is 4.96. The maximum atomic E-state index is 11.4. The molecule has 0 spiro atoms. The average Bonchev–Trinajstić information content (AvgIpc) is 2.25. The fourth-order valence-corrected chi connectivity index (χ4v) is 1.59. The van der Waals surface area contributed by atoms with E-state index in [0.29, 0.717) is 11.3 Å². The normalized spacial score (nSPS) is 12.1. The Morgan fingerprint density at radius 2 is 2.18 bits per heavy atom. The molecule has 0 aliphatic rings. The van der Waals surface area contributed by atoms with Crippen molar-refractivity contribution in [2.45, 2.75) is 13.0 Å². The molecule has 0 saturated carbocycles.